The Morgan fingerprint density at radius 1 is 1.44 bits per heavy atom. The first-order valence-corrected chi connectivity index (χ1v) is 8.53. The number of anilines is 1. The van der Waals surface area contributed by atoms with Crippen molar-refractivity contribution in [3.63, 3.8) is 0 Å². The minimum Gasteiger partial charge on any atom is -0.444 e. The minimum atomic E-state index is -0.534. The SMILES string of the molecule is Cc1nc(N2CCCCC2CNC(=O)OC(C)(C)C)ccc1[N+](=O)[O-]. The Morgan fingerprint density at radius 2 is 2.16 bits per heavy atom. The van der Waals surface area contributed by atoms with Crippen LogP contribution in [-0.2, 0) is 4.74 Å². The number of piperidine rings is 1. The molecule has 1 fully saturated rings. The Hall–Kier alpha value is -2.38. The highest BCUT2D eigenvalue weighted by Gasteiger charge is 2.26. The van der Waals surface area contributed by atoms with E-state index in [9.17, 15) is 14.9 Å². The van der Waals surface area contributed by atoms with Crippen molar-refractivity contribution in [3.8, 4) is 0 Å². The van der Waals surface area contributed by atoms with Gasteiger partial charge in [-0.3, -0.25) is 10.1 Å². The second kappa shape index (κ2) is 7.67. The predicted molar refractivity (Wildman–Crippen MR) is 94.9 cm³/mol. The highest BCUT2D eigenvalue weighted by molar-refractivity contribution is 5.67. The van der Waals surface area contributed by atoms with Crippen LogP contribution >= 0.6 is 0 Å². The molecular formula is C17H26N4O4. The molecule has 1 atom stereocenters. The van der Waals surface area contributed by atoms with Crippen LogP contribution in [0.1, 0.15) is 45.7 Å². The zero-order chi connectivity index (χ0) is 18.6. The molecule has 1 aromatic heterocycles. The number of nitro groups is 1. The third-order valence-corrected chi connectivity index (χ3v) is 4.04. The van der Waals surface area contributed by atoms with Gasteiger partial charge in [0.25, 0.3) is 5.69 Å². The second-order valence-corrected chi connectivity index (χ2v) is 7.26. The average Bonchev–Trinajstić information content (AvgIpc) is 2.51. The summed E-state index contributed by atoms with van der Waals surface area (Å²) in [6.45, 7) is 8.37. The average molecular weight is 350 g/mol. The summed E-state index contributed by atoms with van der Waals surface area (Å²) >= 11 is 0. The third-order valence-electron chi connectivity index (χ3n) is 4.04. The summed E-state index contributed by atoms with van der Waals surface area (Å²) < 4.78 is 5.27. The van der Waals surface area contributed by atoms with Gasteiger partial charge < -0.3 is 15.0 Å². The molecule has 2 heterocycles. The van der Waals surface area contributed by atoms with Crippen molar-refractivity contribution in [1.29, 1.82) is 0 Å². The number of aryl methyl sites for hydroxylation is 1. The molecule has 2 rings (SSSR count). The Morgan fingerprint density at radius 3 is 2.76 bits per heavy atom. The first kappa shape index (κ1) is 19.0. The molecule has 1 unspecified atom stereocenters. The van der Waals surface area contributed by atoms with E-state index in [1.807, 2.05) is 20.8 Å². The largest absolute Gasteiger partial charge is 0.444 e. The summed E-state index contributed by atoms with van der Waals surface area (Å²) in [5.41, 5.74) is -0.121. The summed E-state index contributed by atoms with van der Waals surface area (Å²) in [6, 6.07) is 3.26. The van der Waals surface area contributed by atoms with Crippen molar-refractivity contribution in [3.05, 3.63) is 27.9 Å². The summed E-state index contributed by atoms with van der Waals surface area (Å²) in [5.74, 6) is 0.707. The maximum absolute atomic E-state index is 11.9. The topological polar surface area (TPSA) is 97.6 Å². The number of amides is 1. The summed E-state index contributed by atoms with van der Waals surface area (Å²) in [5, 5.41) is 13.8. The normalized spacial score (nSPS) is 17.9. The van der Waals surface area contributed by atoms with Crippen LogP contribution in [0, 0.1) is 17.0 Å². The Balaban J connectivity index is 2.06. The lowest BCUT2D eigenvalue weighted by Gasteiger charge is -2.37. The lowest BCUT2D eigenvalue weighted by molar-refractivity contribution is -0.385. The van der Waals surface area contributed by atoms with Gasteiger partial charge in [0.2, 0.25) is 0 Å². The number of ether oxygens (including phenoxy) is 1. The fourth-order valence-electron chi connectivity index (χ4n) is 2.92. The van der Waals surface area contributed by atoms with Crippen LogP contribution in [0.5, 0.6) is 0 Å². The molecule has 1 aromatic rings. The van der Waals surface area contributed by atoms with Crippen molar-refractivity contribution in [2.24, 2.45) is 0 Å². The van der Waals surface area contributed by atoms with E-state index >= 15 is 0 Å². The van der Waals surface area contributed by atoms with Crippen molar-refractivity contribution in [2.45, 2.75) is 58.6 Å². The fourth-order valence-corrected chi connectivity index (χ4v) is 2.92. The Labute approximate surface area is 147 Å². The monoisotopic (exact) mass is 350 g/mol. The van der Waals surface area contributed by atoms with E-state index in [1.54, 1.807) is 13.0 Å². The first-order chi connectivity index (χ1) is 11.7. The van der Waals surface area contributed by atoms with Gasteiger partial charge in [-0.1, -0.05) is 0 Å². The summed E-state index contributed by atoms with van der Waals surface area (Å²) in [4.78, 5) is 28.9. The molecule has 0 radical (unpaired) electrons. The van der Waals surface area contributed by atoms with Crippen LogP contribution in [0.3, 0.4) is 0 Å². The molecule has 1 amide bonds. The number of pyridine rings is 1. The molecule has 0 aromatic carbocycles. The van der Waals surface area contributed by atoms with E-state index in [-0.39, 0.29) is 11.7 Å². The number of hydrogen-bond donors (Lipinski definition) is 1. The van der Waals surface area contributed by atoms with E-state index < -0.39 is 16.6 Å². The lowest BCUT2D eigenvalue weighted by Crippen LogP contribution is -2.48. The van der Waals surface area contributed by atoms with Crippen LogP contribution in [0.4, 0.5) is 16.3 Å². The minimum absolute atomic E-state index is 0.0178. The number of carbonyl (C=O) groups excluding carboxylic acids is 1. The number of carbonyl (C=O) groups is 1. The van der Waals surface area contributed by atoms with Gasteiger partial charge in [-0.25, -0.2) is 9.78 Å². The van der Waals surface area contributed by atoms with Crippen LogP contribution in [0.2, 0.25) is 0 Å². The van der Waals surface area contributed by atoms with Gasteiger partial charge in [-0.05, 0) is 53.0 Å². The molecule has 1 aliphatic rings. The van der Waals surface area contributed by atoms with Crippen molar-refractivity contribution in [2.75, 3.05) is 18.0 Å². The van der Waals surface area contributed by atoms with Gasteiger partial charge in [0.1, 0.15) is 17.1 Å². The molecule has 1 aliphatic heterocycles. The maximum Gasteiger partial charge on any atom is 0.407 e. The molecular weight excluding hydrogens is 324 g/mol. The van der Waals surface area contributed by atoms with Gasteiger partial charge in [-0.15, -0.1) is 0 Å². The molecule has 1 N–H and O–H groups in total. The zero-order valence-corrected chi connectivity index (χ0v) is 15.2. The van der Waals surface area contributed by atoms with Crippen molar-refractivity contribution >= 4 is 17.6 Å². The van der Waals surface area contributed by atoms with Gasteiger partial charge in [0, 0.05) is 25.2 Å². The number of rotatable bonds is 4. The Bertz CT molecular complexity index is 642. The number of alkyl carbamates (subject to hydrolysis) is 1. The molecule has 1 saturated heterocycles. The first-order valence-electron chi connectivity index (χ1n) is 8.53. The molecule has 8 heteroatoms. The van der Waals surface area contributed by atoms with E-state index in [0.29, 0.717) is 18.1 Å². The van der Waals surface area contributed by atoms with Crippen LogP contribution in [0.15, 0.2) is 12.1 Å². The van der Waals surface area contributed by atoms with E-state index in [4.69, 9.17) is 4.74 Å². The second-order valence-electron chi connectivity index (χ2n) is 7.26. The fraction of sp³-hybridized carbons (Fsp3) is 0.647. The van der Waals surface area contributed by atoms with Crippen molar-refractivity contribution < 1.29 is 14.5 Å². The number of nitrogens with zero attached hydrogens (tertiary/aromatic N) is 3. The maximum atomic E-state index is 11.9. The standard InChI is InChI=1S/C17H26N4O4/c1-12-14(21(23)24)8-9-15(19-12)20-10-6-5-7-13(20)11-18-16(22)25-17(2,3)4/h8-9,13H,5-7,10-11H2,1-4H3,(H,18,22). The van der Waals surface area contributed by atoms with Crippen LogP contribution < -0.4 is 10.2 Å². The molecule has 0 saturated carbocycles. The zero-order valence-electron chi connectivity index (χ0n) is 15.2. The smallest absolute Gasteiger partial charge is 0.407 e. The predicted octanol–water partition coefficient (Wildman–Crippen LogP) is 3.18. The molecule has 0 spiro atoms. The molecule has 138 valence electrons. The van der Waals surface area contributed by atoms with E-state index in [0.717, 1.165) is 25.8 Å². The van der Waals surface area contributed by atoms with Gasteiger partial charge >= 0.3 is 6.09 Å². The van der Waals surface area contributed by atoms with E-state index in [1.165, 1.54) is 6.07 Å². The number of nitrogens with one attached hydrogen (secondary N) is 1. The lowest BCUT2D eigenvalue weighted by atomic mass is 10.0. The van der Waals surface area contributed by atoms with Gasteiger partial charge in [0.05, 0.1) is 4.92 Å². The van der Waals surface area contributed by atoms with Crippen LogP contribution in [-0.4, -0.2) is 40.7 Å². The third kappa shape index (κ3) is 5.30. The molecule has 25 heavy (non-hydrogen) atoms. The van der Waals surface area contributed by atoms with Gasteiger partial charge in [-0.2, -0.15) is 0 Å². The van der Waals surface area contributed by atoms with Crippen molar-refractivity contribution in [1.82, 2.24) is 10.3 Å². The quantitative estimate of drug-likeness (QED) is 0.661. The molecule has 0 aliphatic carbocycles. The number of hydrogen-bond acceptors (Lipinski definition) is 6. The van der Waals surface area contributed by atoms with Gasteiger partial charge in [0.15, 0.2) is 0 Å². The highest BCUT2D eigenvalue weighted by atomic mass is 16.6. The Kier molecular flexibility index (Phi) is 5.81. The summed E-state index contributed by atoms with van der Waals surface area (Å²) in [7, 11) is 0. The van der Waals surface area contributed by atoms with Crippen LogP contribution in [0.25, 0.3) is 0 Å². The summed E-state index contributed by atoms with van der Waals surface area (Å²) in [6.07, 6.45) is 2.59. The number of aromatic nitrogens is 1. The molecule has 8 nitrogen and oxygen atoms in total. The van der Waals surface area contributed by atoms with E-state index in [2.05, 4.69) is 15.2 Å². The molecule has 0 bridgehead atoms. The highest BCUT2D eigenvalue weighted by Crippen LogP contribution is 2.26.